The fraction of sp³-hybridized carbons (Fsp3) is 0.235. The molecule has 134 valence electrons. The number of hydrogen-bond acceptors (Lipinski definition) is 3. The summed E-state index contributed by atoms with van der Waals surface area (Å²) >= 11 is 9.09. The number of amides is 1. The van der Waals surface area contributed by atoms with E-state index in [9.17, 15) is 13.2 Å². The van der Waals surface area contributed by atoms with E-state index in [1.165, 1.54) is 20.2 Å². The highest BCUT2D eigenvalue weighted by molar-refractivity contribution is 9.10. The predicted molar refractivity (Wildman–Crippen MR) is 102 cm³/mol. The summed E-state index contributed by atoms with van der Waals surface area (Å²) in [6, 6.07) is 11.4. The van der Waals surface area contributed by atoms with Gasteiger partial charge in [-0.15, -0.1) is 0 Å². The van der Waals surface area contributed by atoms with Gasteiger partial charge < -0.3 is 5.32 Å². The molecule has 0 radical (unpaired) electrons. The Morgan fingerprint density at radius 1 is 1.16 bits per heavy atom. The minimum absolute atomic E-state index is 0.0456. The zero-order valence-electron chi connectivity index (χ0n) is 14.0. The lowest BCUT2D eigenvalue weighted by atomic mass is 10.1. The Bertz CT molecular complexity index is 883. The Labute approximate surface area is 161 Å². The summed E-state index contributed by atoms with van der Waals surface area (Å²) in [5.41, 5.74) is 1.17. The number of carbonyl (C=O) groups is 1. The summed E-state index contributed by atoms with van der Waals surface area (Å²) in [4.78, 5) is 12.5. The molecule has 0 bridgehead atoms. The van der Waals surface area contributed by atoms with Crippen molar-refractivity contribution < 1.29 is 13.2 Å². The number of sulfonamides is 1. The van der Waals surface area contributed by atoms with E-state index >= 15 is 0 Å². The molecule has 1 N–H and O–H groups in total. The maximum absolute atomic E-state index is 12.5. The number of nitrogens with one attached hydrogen (secondary N) is 1. The molecule has 1 atom stereocenters. The second-order valence-electron chi connectivity index (χ2n) is 5.68. The van der Waals surface area contributed by atoms with E-state index in [4.69, 9.17) is 11.6 Å². The van der Waals surface area contributed by atoms with E-state index in [0.29, 0.717) is 9.50 Å². The van der Waals surface area contributed by atoms with E-state index in [0.717, 1.165) is 9.87 Å². The van der Waals surface area contributed by atoms with Crippen molar-refractivity contribution in [1.29, 1.82) is 0 Å². The van der Waals surface area contributed by atoms with Crippen LogP contribution in [0, 0.1) is 0 Å². The van der Waals surface area contributed by atoms with Crippen molar-refractivity contribution in [2.75, 3.05) is 14.1 Å². The molecule has 0 aliphatic rings. The lowest BCUT2D eigenvalue weighted by Gasteiger charge is -2.16. The first kappa shape index (κ1) is 19.9. The first-order chi connectivity index (χ1) is 11.6. The topological polar surface area (TPSA) is 66.5 Å². The molecule has 0 aliphatic carbocycles. The predicted octanol–water partition coefficient (Wildman–Crippen LogP) is 3.84. The molecular weight excluding hydrogens is 428 g/mol. The van der Waals surface area contributed by atoms with Crippen molar-refractivity contribution >= 4 is 43.5 Å². The summed E-state index contributed by atoms with van der Waals surface area (Å²) in [7, 11) is -0.774. The largest absolute Gasteiger partial charge is 0.346 e. The highest BCUT2D eigenvalue weighted by Gasteiger charge is 2.22. The average Bonchev–Trinajstić information content (AvgIpc) is 2.55. The maximum Gasteiger partial charge on any atom is 0.251 e. The van der Waals surface area contributed by atoms with Gasteiger partial charge in [0.05, 0.1) is 10.9 Å². The second-order valence-corrected chi connectivity index (χ2v) is 9.09. The van der Waals surface area contributed by atoms with Gasteiger partial charge in [0.2, 0.25) is 10.0 Å². The SMILES string of the molecule is CC(NC(=O)c1ccc(Br)c(S(=O)(=O)N(C)C)c1)c1ccc(Cl)cc1. The molecular formula is C17H18BrClN2O3S. The number of halogens is 2. The van der Waals surface area contributed by atoms with Crippen molar-refractivity contribution in [1.82, 2.24) is 9.62 Å². The zero-order valence-corrected chi connectivity index (χ0v) is 17.1. The van der Waals surface area contributed by atoms with Gasteiger partial charge in [0.15, 0.2) is 0 Å². The van der Waals surface area contributed by atoms with Crippen LogP contribution in [0.3, 0.4) is 0 Å². The second kappa shape index (κ2) is 7.86. The quantitative estimate of drug-likeness (QED) is 0.760. The van der Waals surface area contributed by atoms with Gasteiger partial charge in [-0.05, 0) is 58.7 Å². The average molecular weight is 446 g/mol. The Morgan fingerprint density at radius 3 is 2.32 bits per heavy atom. The van der Waals surface area contributed by atoms with Crippen molar-refractivity contribution in [2.45, 2.75) is 17.9 Å². The number of hydrogen-bond donors (Lipinski definition) is 1. The summed E-state index contributed by atoms with van der Waals surface area (Å²) < 4.78 is 26.2. The maximum atomic E-state index is 12.5. The zero-order chi connectivity index (χ0) is 18.8. The molecule has 0 spiro atoms. The van der Waals surface area contributed by atoms with Crippen LogP contribution < -0.4 is 5.32 Å². The molecule has 2 aromatic rings. The van der Waals surface area contributed by atoms with E-state index in [1.807, 2.05) is 19.1 Å². The summed E-state index contributed by atoms with van der Waals surface area (Å²) in [5.74, 6) is -0.356. The van der Waals surface area contributed by atoms with E-state index in [-0.39, 0.29) is 22.4 Å². The van der Waals surface area contributed by atoms with Gasteiger partial charge in [0.1, 0.15) is 0 Å². The number of nitrogens with zero attached hydrogens (tertiary/aromatic N) is 1. The monoisotopic (exact) mass is 444 g/mol. The lowest BCUT2D eigenvalue weighted by Crippen LogP contribution is -2.27. The highest BCUT2D eigenvalue weighted by Crippen LogP contribution is 2.25. The van der Waals surface area contributed by atoms with Gasteiger partial charge in [-0.1, -0.05) is 23.7 Å². The molecule has 0 aromatic heterocycles. The minimum Gasteiger partial charge on any atom is -0.346 e. The van der Waals surface area contributed by atoms with Crippen LogP contribution in [0.1, 0.15) is 28.9 Å². The van der Waals surface area contributed by atoms with Gasteiger partial charge in [-0.2, -0.15) is 0 Å². The van der Waals surface area contributed by atoms with Gasteiger partial charge >= 0.3 is 0 Å². The van der Waals surface area contributed by atoms with E-state index in [1.54, 1.807) is 24.3 Å². The third kappa shape index (κ3) is 4.61. The molecule has 2 rings (SSSR count). The summed E-state index contributed by atoms with van der Waals surface area (Å²) in [6.45, 7) is 1.84. The van der Waals surface area contributed by atoms with Gasteiger partial charge in [-0.25, -0.2) is 12.7 Å². The Balaban J connectivity index is 2.27. The fourth-order valence-electron chi connectivity index (χ4n) is 2.15. The van der Waals surface area contributed by atoms with Crippen molar-refractivity contribution in [3.05, 3.63) is 63.1 Å². The van der Waals surface area contributed by atoms with Crippen LogP contribution in [-0.4, -0.2) is 32.7 Å². The first-order valence-corrected chi connectivity index (χ1v) is 10.0. The molecule has 25 heavy (non-hydrogen) atoms. The minimum atomic E-state index is -3.66. The standard InChI is InChI=1S/C17H18BrClN2O3S/c1-11(12-4-7-14(19)8-5-12)20-17(22)13-6-9-15(18)16(10-13)25(23,24)21(2)3/h4-11H,1-3H3,(H,20,22). The van der Waals surface area contributed by atoms with Crippen LogP contribution in [-0.2, 0) is 10.0 Å². The molecule has 0 fully saturated rings. The molecule has 0 heterocycles. The van der Waals surface area contributed by atoms with Crippen molar-refractivity contribution in [2.24, 2.45) is 0 Å². The lowest BCUT2D eigenvalue weighted by molar-refractivity contribution is 0.0939. The normalized spacial score (nSPS) is 12.9. The third-order valence-electron chi connectivity index (χ3n) is 3.67. The number of rotatable bonds is 5. The van der Waals surface area contributed by atoms with Gasteiger partial charge in [0, 0.05) is 29.2 Å². The first-order valence-electron chi connectivity index (χ1n) is 7.41. The van der Waals surface area contributed by atoms with Crippen molar-refractivity contribution in [3.8, 4) is 0 Å². The van der Waals surface area contributed by atoms with Gasteiger partial charge in [0.25, 0.3) is 5.91 Å². The van der Waals surface area contributed by atoms with Crippen LogP contribution in [0.15, 0.2) is 51.8 Å². The Morgan fingerprint density at radius 2 is 1.76 bits per heavy atom. The molecule has 0 saturated carbocycles. The molecule has 0 aliphatic heterocycles. The van der Waals surface area contributed by atoms with Crippen LogP contribution >= 0.6 is 27.5 Å². The Kier molecular flexibility index (Phi) is 6.26. The molecule has 2 aromatic carbocycles. The van der Waals surface area contributed by atoms with Crippen molar-refractivity contribution in [3.63, 3.8) is 0 Å². The molecule has 0 saturated heterocycles. The molecule has 5 nitrogen and oxygen atoms in total. The summed E-state index contributed by atoms with van der Waals surface area (Å²) in [6.07, 6.45) is 0. The van der Waals surface area contributed by atoms with Crippen LogP contribution in [0.2, 0.25) is 5.02 Å². The van der Waals surface area contributed by atoms with Crippen LogP contribution in [0.4, 0.5) is 0 Å². The van der Waals surface area contributed by atoms with E-state index < -0.39 is 10.0 Å². The fourth-order valence-corrected chi connectivity index (χ4v) is 4.12. The molecule has 8 heteroatoms. The van der Waals surface area contributed by atoms with Crippen LogP contribution in [0.5, 0.6) is 0 Å². The molecule has 1 unspecified atom stereocenters. The smallest absolute Gasteiger partial charge is 0.251 e. The molecule has 1 amide bonds. The number of benzene rings is 2. The van der Waals surface area contributed by atoms with Crippen LogP contribution in [0.25, 0.3) is 0 Å². The van der Waals surface area contributed by atoms with Gasteiger partial charge in [-0.3, -0.25) is 4.79 Å². The Hall–Kier alpha value is -1.41. The number of carbonyl (C=O) groups excluding carboxylic acids is 1. The third-order valence-corrected chi connectivity index (χ3v) is 6.73. The highest BCUT2D eigenvalue weighted by atomic mass is 79.9. The van der Waals surface area contributed by atoms with E-state index in [2.05, 4.69) is 21.2 Å². The summed E-state index contributed by atoms with van der Waals surface area (Å²) in [5, 5.41) is 3.47.